The summed E-state index contributed by atoms with van der Waals surface area (Å²) < 4.78 is 0. The predicted octanol–water partition coefficient (Wildman–Crippen LogP) is 4.88. The van der Waals surface area contributed by atoms with Gasteiger partial charge in [-0.3, -0.25) is 4.79 Å². The molecule has 0 radical (unpaired) electrons. The van der Waals surface area contributed by atoms with E-state index < -0.39 is 0 Å². The summed E-state index contributed by atoms with van der Waals surface area (Å²) in [4.78, 5) is 26.6. The molecule has 0 aliphatic heterocycles. The van der Waals surface area contributed by atoms with Gasteiger partial charge < -0.3 is 5.32 Å². The molecule has 3 heterocycles. The zero-order valence-corrected chi connectivity index (χ0v) is 15.4. The van der Waals surface area contributed by atoms with Crippen LogP contribution in [0.5, 0.6) is 0 Å². The molecule has 0 aliphatic carbocycles. The van der Waals surface area contributed by atoms with Crippen LogP contribution in [-0.4, -0.2) is 20.7 Å². The van der Waals surface area contributed by atoms with Crippen LogP contribution in [0, 0.1) is 6.92 Å². The fourth-order valence-corrected chi connectivity index (χ4v) is 3.44. The molecular weight excluding hydrogens is 356 g/mol. The van der Waals surface area contributed by atoms with E-state index in [9.17, 15) is 4.79 Å². The van der Waals surface area contributed by atoms with Crippen LogP contribution in [0.2, 0.25) is 0 Å². The molecule has 0 fully saturated rings. The van der Waals surface area contributed by atoms with Gasteiger partial charge in [-0.05, 0) is 36.8 Å². The Labute approximate surface area is 160 Å². The third-order valence-corrected chi connectivity index (χ3v) is 4.93. The van der Waals surface area contributed by atoms with Gasteiger partial charge in [0.25, 0.3) is 0 Å². The highest BCUT2D eigenvalue weighted by molar-refractivity contribution is 7.17. The van der Waals surface area contributed by atoms with E-state index in [2.05, 4.69) is 20.3 Å². The van der Waals surface area contributed by atoms with Crippen LogP contribution in [0.4, 0.5) is 11.6 Å². The number of hydrogen-bond acceptors (Lipinski definition) is 6. The van der Waals surface area contributed by atoms with Crippen LogP contribution in [0.1, 0.15) is 20.9 Å². The third kappa shape index (κ3) is 3.91. The molecule has 0 spiro atoms. The first kappa shape index (κ1) is 17.1. The van der Waals surface area contributed by atoms with E-state index in [0.717, 1.165) is 22.0 Å². The highest BCUT2D eigenvalue weighted by Gasteiger charge is 2.15. The number of carbonyl (C=O) groups excluding carboxylic acids is 1. The molecular formula is C21H16N4OS. The van der Waals surface area contributed by atoms with Gasteiger partial charge in [-0.2, -0.15) is 0 Å². The lowest BCUT2D eigenvalue weighted by atomic mass is 10.1. The summed E-state index contributed by atoms with van der Waals surface area (Å²) in [5.74, 6) is 1.35. The molecule has 132 valence electrons. The van der Waals surface area contributed by atoms with Crippen molar-refractivity contribution in [3.8, 4) is 10.6 Å². The summed E-state index contributed by atoms with van der Waals surface area (Å²) in [5.41, 5.74) is 2.51. The Kier molecular flexibility index (Phi) is 4.72. The fourth-order valence-electron chi connectivity index (χ4n) is 2.59. The van der Waals surface area contributed by atoms with Crippen LogP contribution < -0.4 is 5.32 Å². The minimum Gasteiger partial charge on any atom is -0.325 e. The minimum absolute atomic E-state index is 0.0786. The number of nitrogens with one attached hydrogen (secondary N) is 1. The van der Waals surface area contributed by atoms with Crippen LogP contribution in [0.3, 0.4) is 0 Å². The maximum atomic E-state index is 12.5. The van der Waals surface area contributed by atoms with Gasteiger partial charge in [0.1, 0.15) is 11.6 Å². The summed E-state index contributed by atoms with van der Waals surface area (Å²) in [6, 6.07) is 18.8. The van der Waals surface area contributed by atoms with Gasteiger partial charge in [0.2, 0.25) is 5.78 Å². The Morgan fingerprint density at radius 3 is 2.63 bits per heavy atom. The summed E-state index contributed by atoms with van der Waals surface area (Å²) in [6.07, 6.45) is 3.45. The van der Waals surface area contributed by atoms with Crippen molar-refractivity contribution < 1.29 is 4.79 Å². The van der Waals surface area contributed by atoms with Gasteiger partial charge >= 0.3 is 0 Å². The molecule has 0 unspecified atom stereocenters. The van der Waals surface area contributed by atoms with Crippen LogP contribution >= 0.6 is 11.3 Å². The van der Waals surface area contributed by atoms with E-state index in [-0.39, 0.29) is 5.78 Å². The minimum atomic E-state index is -0.0786. The summed E-state index contributed by atoms with van der Waals surface area (Å²) >= 11 is 1.34. The second kappa shape index (κ2) is 7.47. The lowest BCUT2D eigenvalue weighted by Crippen LogP contribution is -1.99. The Bertz CT molecular complexity index is 1090. The van der Waals surface area contributed by atoms with Crippen molar-refractivity contribution in [1.29, 1.82) is 0 Å². The Hall–Kier alpha value is -3.38. The van der Waals surface area contributed by atoms with Crippen molar-refractivity contribution in [2.24, 2.45) is 0 Å². The monoisotopic (exact) mass is 372 g/mol. The van der Waals surface area contributed by atoms with Crippen molar-refractivity contribution in [1.82, 2.24) is 15.0 Å². The van der Waals surface area contributed by atoms with E-state index in [0.29, 0.717) is 16.4 Å². The number of aromatic nitrogens is 3. The number of benzene rings is 1. The normalized spacial score (nSPS) is 10.6. The van der Waals surface area contributed by atoms with Crippen molar-refractivity contribution in [3.63, 3.8) is 0 Å². The zero-order valence-electron chi connectivity index (χ0n) is 14.6. The molecule has 0 saturated carbocycles. The molecule has 1 N–H and O–H groups in total. The van der Waals surface area contributed by atoms with Gasteiger partial charge in [-0.25, -0.2) is 15.0 Å². The van der Waals surface area contributed by atoms with E-state index in [1.807, 2.05) is 55.5 Å². The van der Waals surface area contributed by atoms with E-state index >= 15 is 0 Å². The first-order valence-electron chi connectivity index (χ1n) is 8.42. The van der Waals surface area contributed by atoms with Crippen molar-refractivity contribution >= 4 is 28.8 Å². The Balaban J connectivity index is 1.58. The number of anilines is 2. The topological polar surface area (TPSA) is 67.8 Å². The molecule has 5 nitrogen and oxygen atoms in total. The van der Waals surface area contributed by atoms with Crippen molar-refractivity contribution in [2.75, 3.05) is 5.32 Å². The van der Waals surface area contributed by atoms with E-state index in [4.69, 9.17) is 0 Å². The molecule has 4 aromatic rings. The molecule has 0 atom stereocenters. The van der Waals surface area contributed by atoms with Gasteiger partial charge in [0, 0.05) is 18.0 Å². The highest BCUT2D eigenvalue weighted by Crippen LogP contribution is 2.27. The average molecular weight is 372 g/mol. The molecule has 4 rings (SSSR count). The molecule has 6 heteroatoms. The highest BCUT2D eigenvalue weighted by atomic mass is 32.1. The number of ketones is 1. The quantitative estimate of drug-likeness (QED) is 0.506. The van der Waals surface area contributed by atoms with Crippen molar-refractivity contribution in [3.05, 3.63) is 89.2 Å². The molecule has 3 aromatic heterocycles. The first-order chi connectivity index (χ1) is 13.2. The predicted molar refractivity (Wildman–Crippen MR) is 107 cm³/mol. The Morgan fingerprint density at radius 2 is 1.81 bits per heavy atom. The number of hydrogen-bond donors (Lipinski definition) is 1. The second-order valence-corrected chi connectivity index (χ2v) is 7.01. The number of nitrogens with zero attached hydrogens (tertiary/aromatic N) is 3. The van der Waals surface area contributed by atoms with Gasteiger partial charge in [-0.1, -0.05) is 36.4 Å². The smallest absolute Gasteiger partial charge is 0.221 e. The van der Waals surface area contributed by atoms with Crippen LogP contribution in [0.15, 0.2) is 73.1 Å². The molecule has 0 aliphatic rings. The van der Waals surface area contributed by atoms with Crippen molar-refractivity contribution in [2.45, 2.75) is 6.92 Å². The van der Waals surface area contributed by atoms with E-state index in [1.165, 1.54) is 11.3 Å². The maximum Gasteiger partial charge on any atom is 0.221 e. The summed E-state index contributed by atoms with van der Waals surface area (Å²) in [6.45, 7) is 2.01. The number of carbonyl (C=O) groups is 1. The molecule has 0 bridgehead atoms. The SMILES string of the molecule is Cc1ccnc(Nc2cccc(-c3cnc(C(=O)c4ccccc4)s3)n2)c1. The molecule has 0 amide bonds. The maximum absolute atomic E-state index is 12.5. The van der Waals surface area contributed by atoms with E-state index in [1.54, 1.807) is 24.5 Å². The van der Waals surface area contributed by atoms with Gasteiger partial charge in [0.05, 0.1) is 10.6 Å². The number of rotatable bonds is 5. The van der Waals surface area contributed by atoms with Crippen LogP contribution in [0.25, 0.3) is 10.6 Å². The fraction of sp³-hybridized carbons (Fsp3) is 0.0476. The Morgan fingerprint density at radius 1 is 0.963 bits per heavy atom. The second-order valence-electron chi connectivity index (χ2n) is 5.98. The zero-order chi connectivity index (χ0) is 18.6. The number of pyridine rings is 2. The average Bonchev–Trinajstić information content (AvgIpc) is 3.19. The standard InChI is InChI=1S/C21H16N4OS/c1-14-10-11-22-19(12-14)25-18-9-5-8-16(24-18)17-13-23-21(27-17)20(26)15-6-3-2-4-7-15/h2-13H,1H3,(H,22,24,25). The lowest BCUT2D eigenvalue weighted by Gasteiger charge is -2.06. The summed E-state index contributed by atoms with van der Waals surface area (Å²) in [5, 5.41) is 3.66. The third-order valence-electron chi connectivity index (χ3n) is 3.91. The largest absolute Gasteiger partial charge is 0.325 e. The number of thiazole rings is 1. The van der Waals surface area contributed by atoms with Crippen LogP contribution in [-0.2, 0) is 0 Å². The lowest BCUT2D eigenvalue weighted by molar-refractivity contribution is 0.103. The number of aryl methyl sites for hydroxylation is 1. The van der Waals surface area contributed by atoms with Gasteiger partial charge in [-0.15, -0.1) is 11.3 Å². The molecule has 0 saturated heterocycles. The molecule has 27 heavy (non-hydrogen) atoms. The first-order valence-corrected chi connectivity index (χ1v) is 9.23. The van der Waals surface area contributed by atoms with Gasteiger partial charge in [0.15, 0.2) is 5.01 Å². The molecule has 1 aromatic carbocycles. The summed E-state index contributed by atoms with van der Waals surface area (Å²) in [7, 11) is 0.